The van der Waals surface area contributed by atoms with E-state index < -0.39 is 5.66 Å². The largest absolute Gasteiger partial charge is 0.383 e. The summed E-state index contributed by atoms with van der Waals surface area (Å²) < 4.78 is 1.59. The highest BCUT2D eigenvalue weighted by Gasteiger charge is 2.46. The maximum Gasteiger partial charge on any atom is 0.276 e. The first-order chi connectivity index (χ1) is 13.9. The minimum atomic E-state index is -0.774. The number of rotatable bonds is 3. The quantitative estimate of drug-likeness (QED) is 0.663. The lowest BCUT2D eigenvalue weighted by molar-refractivity contribution is 0.0773. The Kier molecular flexibility index (Phi) is 4.47. The van der Waals surface area contributed by atoms with Gasteiger partial charge in [0.2, 0.25) is 0 Å². The number of anilines is 3. The number of amides is 1. The van der Waals surface area contributed by atoms with E-state index in [0.29, 0.717) is 66.7 Å². The van der Waals surface area contributed by atoms with E-state index in [1.165, 1.54) is 6.33 Å². The highest BCUT2D eigenvalue weighted by atomic mass is 16.2. The molecule has 0 unspecified atom stereocenters. The van der Waals surface area contributed by atoms with Gasteiger partial charge in [0.25, 0.3) is 18.1 Å². The Morgan fingerprint density at radius 3 is 2.72 bits per heavy atom. The summed E-state index contributed by atoms with van der Waals surface area (Å²) in [7, 11) is 0. The van der Waals surface area contributed by atoms with Gasteiger partial charge in [0, 0.05) is 31.5 Å². The highest BCUT2D eigenvalue weighted by Crippen LogP contribution is 2.34. The number of nitrogens with zero attached hydrogens (tertiary/aromatic N) is 5. The van der Waals surface area contributed by atoms with Gasteiger partial charge in [-0.05, 0) is 25.5 Å². The molecule has 1 saturated heterocycles. The van der Waals surface area contributed by atoms with E-state index in [0.717, 1.165) is 0 Å². The molecule has 2 aromatic heterocycles. The predicted octanol–water partition coefficient (Wildman–Crippen LogP) is 0.950. The number of likely N-dealkylation sites (tertiary alicyclic amines) is 1. The van der Waals surface area contributed by atoms with Crippen molar-refractivity contribution in [2.75, 3.05) is 30.8 Å². The summed E-state index contributed by atoms with van der Waals surface area (Å²) >= 11 is 0. The van der Waals surface area contributed by atoms with Crippen LogP contribution in [0.2, 0.25) is 0 Å². The van der Waals surface area contributed by atoms with E-state index in [1.807, 2.05) is 11.8 Å². The SMILES string of the molecule is [C-]#[N+]CN1CCC2(CC1)NC(=O)c1c(C)cc(Nc3ncnc(N)c3C)c(=O)n12. The molecule has 1 amide bonds. The van der Waals surface area contributed by atoms with E-state index >= 15 is 0 Å². The molecule has 2 aliphatic rings. The number of hydrogen-bond acceptors (Lipinski definition) is 7. The van der Waals surface area contributed by atoms with Gasteiger partial charge >= 0.3 is 0 Å². The third kappa shape index (κ3) is 3.00. The molecule has 0 aromatic carbocycles. The van der Waals surface area contributed by atoms with Crippen molar-refractivity contribution < 1.29 is 4.79 Å². The van der Waals surface area contributed by atoms with Crippen molar-refractivity contribution in [3.05, 3.63) is 51.0 Å². The first-order valence-electron chi connectivity index (χ1n) is 9.35. The van der Waals surface area contributed by atoms with Gasteiger partial charge in [0.1, 0.15) is 35.0 Å². The smallest absolute Gasteiger partial charge is 0.276 e. The Balaban J connectivity index is 1.77. The second kappa shape index (κ2) is 6.86. The normalized spacial score (nSPS) is 17.6. The van der Waals surface area contributed by atoms with E-state index in [-0.39, 0.29) is 11.5 Å². The van der Waals surface area contributed by atoms with Crippen molar-refractivity contribution in [1.29, 1.82) is 0 Å². The standard InChI is InChI=1S/C19H22N8O2/c1-11-8-13(24-16-12(2)15(20)22-9-23-16)18(29)27-14(11)17(28)25-19(27)4-6-26(7-5-19)10-21-3/h8-9H,4-7,10H2,1-2H3,(H,25,28)(H3,20,22,23,24). The van der Waals surface area contributed by atoms with E-state index in [9.17, 15) is 9.59 Å². The van der Waals surface area contributed by atoms with Crippen molar-refractivity contribution in [3.63, 3.8) is 0 Å². The number of nitrogen functional groups attached to an aromatic ring is 1. The van der Waals surface area contributed by atoms with Gasteiger partial charge in [-0.25, -0.2) is 21.4 Å². The summed E-state index contributed by atoms with van der Waals surface area (Å²) in [4.78, 5) is 39.7. The lowest BCUT2D eigenvalue weighted by atomic mass is 9.97. The van der Waals surface area contributed by atoms with Crippen molar-refractivity contribution in [1.82, 2.24) is 24.8 Å². The molecule has 0 radical (unpaired) electrons. The van der Waals surface area contributed by atoms with Gasteiger partial charge in [-0.2, -0.15) is 0 Å². The summed E-state index contributed by atoms with van der Waals surface area (Å²) in [6, 6.07) is 1.67. The van der Waals surface area contributed by atoms with Gasteiger partial charge in [-0.15, -0.1) is 0 Å². The molecule has 4 heterocycles. The van der Waals surface area contributed by atoms with Gasteiger partial charge in [-0.3, -0.25) is 19.0 Å². The van der Waals surface area contributed by atoms with Crippen LogP contribution in [0.25, 0.3) is 4.85 Å². The van der Waals surface area contributed by atoms with Crippen molar-refractivity contribution in [2.45, 2.75) is 32.4 Å². The first-order valence-corrected chi connectivity index (χ1v) is 9.35. The third-order valence-electron chi connectivity index (χ3n) is 5.71. The van der Waals surface area contributed by atoms with Crippen LogP contribution in [0.1, 0.15) is 34.5 Å². The lowest BCUT2D eigenvalue weighted by Gasteiger charge is -2.38. The van der Waals surface area contributed by atoms with Crippen LogP contribution in [-0.4, -0.2) is 45.1 Å². The fourth-order valence-electron chi connectivity index (χ4n) is 4.08. The van der Waals surface area contributed by atoms with Crippen molar-refractivity contribution in [3.8, 4) is 0 Å². The number of nitrogens with one attached hydrogen (secondary N) is 2. The zero-order valence-corrected chi connectivity index (χ0v) is 16.3. The molecule has 1 spiro atoms. The second-order valence-corrected chi connectivity index (χ2v) is 7.49. The first kappa shape index (κ1) is 18.9. The van der Waals surface area contributed by atoms with Crippen molar-refractivity contribution in [2.24, 2.45) is 0 Å². The number of carbonyl (C=O) groups excluding carboxylic acids is 1. The molecule has 150 valence electrons. The molecule has 2 aliphatic heterocycles. The number of fused-ring (bicyclic) bond motifs is 2. The zero-order valence-electron chi connectivity index (χ0n) is 16.3. The molecule has 0 atom stereocenters. The molecule has 0 bridgehead atoms. The molecule has 2 aromatic rings. The van der Waals surface area contributed by atoms with Crippen LogP contribution in [0.5, 0.6) is 0 Å². The number of pyridine rings is 1. The summed E-state index contributed by atoms with van der Waals surface area (Å²) in [5, 5.41) is 6.10. The average Bonchev–Trinajstić information content (AvgIpc) is 2.98. The summed E-state index contributed by atoms with van der Waals surface area (Å²) in [5.41, 5.74) is 6.84. The van der Waals surface area contributed by atoms with Gasteiger partial charge in [0.05, 0.1) is 0 Å². The molecule has 0 aliphatic carbocycles. The predicted molar refractivity (Wildman–Crippen MR) is 108 cm³/mol. The monoisotopic (exact) mass is 394 g/mol. The van der Waals surface area contributed by atoms with Crippen LogP contribution in [0.3, 0.4) is 0 Å². The molecule has 29 heavy (non-hydrogen) atoms. The Morgan fingerprint density at radius 2 is 2.03 bits per heavy atom. The Bertz CT molecular complexity index is 1090. The molecular formula is C19H22N8O2. The zero-order chi connectivity index (χ0) is 20.8. The molecule has 1 fully saturated rings. The molecule has 4 rings (SSSR count). The highest BCUT2D eigenvalue weighted by molar-refractivity contribution is 5.97. The van der Waals surface area contributed by atoms with Crippen LogP contribution in [0.4, 0.5) is 17.3 Å². The Labute approximate surface area is 167 Å². The Hall–Kier alpha value is -3.45. The topological polar surface area (TPSA) is 123 Å². The molecule has 4 N–H and O–H groups in total. The van der Waals surface area contributed by atoms with Crippen LogP contribution in [0.15, 0.2) is 17.2 Å². The molecule has 0 saturated carbocycles. The summed E-state index contributed by atoms with van der Waals surface area (Å²) in [6.07, 6.45) is 2.45. The minimum absolute atomic E-state index is 0.243. The number of aromatic nitrogens is 3. The average molecular weight is 394 g/mol. The van der Waals surface area contributed by atoms with Gasteiger partial charge in [-0.1, -0.05) is 0 Å². The van der Waals surface area contributed by atoms with Crippen LogP contribution in [0, 0.1) is 20.4 Å². The van der Waals surface area contributed by atoms with E-state index in [4.69, 9.17) is 12.3 Å². The lowest BCUT2D eigenvalue weighted by Crippen LogP contribution is -2.54. The summed E-state index contributed by atoms with van der Waals surface area (Å²) in [5.74, 6) is 0.543. The number of carbonyl (C=O) groups is 1. The Morgan fingerprint density at radius 1 is 1.31 bits per heavy atom. The number of aryl methyl sites for hydroxylation is 1. The maximum absolute atomic E-state index is 13.4. The fourth-order valence-corrected chi connectivity index (χ4v) is 4.08. The summed E-state index contributed by atoms with van der Waals surface area (Å²) in [6.45, 7) is 12.2. The van der Waals surface area contributed by atoms with E-state index in [1.54, 1.807) is 17.6 Å². The third-order valence-corrected chi connectivity index (χ3v) is 5.71. The van der Waals surface area contributed by atoms with Crippen LogP contribution >= 0.6 is 0 Å². The minimum Gasteiger partial charge on any atom is -0.383 e. The molecular weight excluding hydrogens is 372 g/mol. The molecule has 10 nitrogen and oxygen atoms in total. The number of nitrogens with two attached hydrogens (primary N) is 1. The number of hydrogen-bond donors (Lipinski definition) is 3. The molecule has 10 heteroatoms. The second-order valence-electron chi connectivity index (χ2n) is 7.49. The fraction of sp³-hybridized carbons (Fsp3) is 0.421. The van der Waals surface area contributed by atoms with Gasteiger partial charge in [0.15, 0.2) is 0 Å². The number of piperidine rings is 1. The van der Waals surface area contributed by atoms with Gasteiger partial charge < -0.3 is 16.4 Å². The van der Waals surface area contributed by atoms with Crippen molar-refractivity contribution >= 4 is 23.2 Å². The van der Waals surface area contributed by atoms with Crippen LogP contribution < -0.4 is 21.9 Å². The van der Waals surface area contributed by atoms with Crippen LogP contribution in [-0.2, 0) is 5.66 Å². The maximum atomic E-state index is 13.4. The van der Waals surface area contributed by atoms with E-state index in [2.05, 4.69) is 25.4 Å².